The van der Waals surface area contributed by atoms with Crippen LogP contribution in [-0.2, 0) is 4.79 Å². The number of hydrogen-bond acceptors (Lipinski definition) is 2. The molecule has 1 aromatic carbocycles. The first kappa shape index (κ1) is 14.2. The molecule has 6 heteroatoms. The first-order chi connectivity index (χ1) is 8.45. The maximum atomic E-state index is 13.0. The maximum absolute atomic E-state index is 13.0. The fourth-order valence-corrected chi connectivity index (χ4v) is 1.65. The lowest BCUT2D eigenvalue weighted by atomic mass is 10.1. The van der Waals surface area contributed by atoms with Crippen LogP contribution in [0.1, 0.15) is 16.8 Å². The number of carbonyl (C=O) groups is 2. The van der Waals surface area contributed by atoms with Crippen LogP contribution in [-0.4, -0.2) is 23.0 Å². The summed E-state index contributed by atoms with van der Waals surface area (Å²) < 4.78 is 13.4. The van der Waals surface area contributed by atoms with Crippen molar-refractivity contribution in [3.8, 4) is 12.3 Å². The number of carboxylic acid groups (broad SMARTS) is 1. The van der Waals surface area contributed by atoms with Crippen molar-refractivity contribution in [3.63, 3.8) is 0 Å². The van der Waals surface area contributed by atoms with Gasteiger partial charge < -0.3 is 10.4 Å². The number of benzene rings is 1. The smallest absolute Gasteiger partial charge is 0.327 e. The molecule has 0 spiro atoms. The molecule has 0 saturated carbocycles. The Morgan fingerprint density at radius 3 is 2.78 bits per heavy atom. The van der Waals surface area contributed by atoms with E-state index >= 15 is 0 Å². The van der Waals surface area contributed by atoms with Crippen molar-refractivity contribution in [1.82, 2.24) is 5.32 Å². The Morgan fingerprint density at radius 2 is 2.22 bits per heavy atom. The highest BCUT2D eigenvalue weighted by Gasteiger charge is 2.21. The van der Waals surface area contributed by atoms with E-state index in [1.807, 2.05) is 0 Å². The largest absolute Gasteiger partial charge is 0.480 e. The molecule has 0 aliphatic carbocycles. The second-order valence-corrected chi connectivity index (χ2v) is 4.25. The average molecular weight is 314 g/mol. The zero-order valence-corrected chi connectivity index (χ0v) is 10.7. The summed E-state index contributed by atoms with van der Waals surface area (Å²) in [4.78, 5) is 22.6. The van der Waals surface area contributed by atoms with Gasteiger partial charge in [-0.2, -0.15) is 0 Å². The number of hydrogen-bond donors (Lipinski definition) is 2. The summed E-state index contributed by atoms with van der Waals surface area (Å²) in [6, 6.07) is 2.35. The van der Waals surface area contributed by atoms with Crippen LogP contribution in [0.3, 0.4) is 0 Å². The summed E-state index contributed by atoms with van der Waals surface area (Å²) in [5, 5.41) is 11.1. The zero-order chi connectivity index (χ0) is 13.7. The maximum Gasteiger partial charge on any atom is 0.327 e. The van der Waals surface area contributed by atoms with E-state index in [9.17, 15) is 14.0 Å². The molecular weight excluding hydrogens is 305 g/mol. The van der Waals surface area contributed by atoms with Crippen molar-refractivity contribution in [3.05, 3.63) is 34.1 Å². The molecule has 1 rings (SSSR count). The van der Waals surface area contributed by atoms with Crippen molar-refractivity contribution in [1.29, 1.82) is 0 Å². The van der Waals surface area contributed by atoms with E-state index in [1.165, 1.54) is 12.1 Å². The summed E-state index contributed by atoms with van der Waals surface area (Å²) in [5.41, 5.74) is 0.0123. The number of rotatable bonds is 4. The van der Waals surface area contributed by atoms with Crippen molar-refractivity contribution >= 4 is 27.8 Å². The number of amides is 1. The van der Waals surface area contributed by atoms with Gasteiger partial charge in [-0.05, 0) is 34.1 Å². The van der Waals surface area contributed by atoms with E-state index in [0.29, 0.717) is 4.47 Å². The Kier molecular flexibility index (Phi) is 4.86. The molecule has 0 aromatic heterocycles. The Bertz CT molecular complexity index is 525. The molecule has 1 atom stereocenters. The standard InChI is InChI=1S/C12H9BrFNO3/c1-2-3-10(12(17)18)15-11(16)8-6-7(14)4-5-9(8)13/h1,4-6,10H,3H2,(H,15,16)(H,17,18). The lowest BCUT2D eigenvalue weighted by Crippen LogP contribution is -2.40. The monoisotopic (exact) mass is 313 g/mol. The zero-order valence-electron chi connectivity index (χ0n) is 9.11. The second kappa shape index (κ2) is 6.17. The van der Waals surface area contributed by atoms with E-state index in [1.54, 1.807) is 0 Å². The number of carboxylic acids is 1. The van der Waals surface area contributed by atoms with E-state index in [-0.39, 0.29) is 12.0 Å². The van der Waals surface area contributed by atoms with Gasteiger partial charge >= 0.3 is 5.97 Å². The van der Waals surface area contributed by atoms with Crippen LogP contribution < -0.4 is 5.32 Å². The van der Waals surface area contributed by atoms with Gasteiger partial charge in [0.25, 0.3) is 5.91 Å². The van der Waals surface area contributed by atoms with Gasteiger partial charge in [-0.1, -0.05) is 0 Å². The van der Waals surface area contributed by atoms with Crippen LogP contribution in [0.15, 0.2) is 22.7 Å². The minimum absolute atomic E-state index is 0.0123. The molecule has 18 heavy (non-hydrogen) atoms. The van der Waals surface area contributed by atoms with Crippen LogP contribution in [0, 0.1) is 18.2 Å². The minimum Gasteiger partial charge on any atom is -0.480 e. The summed E-state index contributed by atoms with van der Waals surface area (Å²) >= 11 is 3.08. The first-order valence-corrected chi connectivity index (χ1v) is 5.67. The third kappa shape index (κ3) is 3.57. The fourth-order valence-electron chi connectivity index (χ4n) is 1.23. The molecule has 0 bridgehead atoms. The SMILES string of the molecule is C#CCC(NC(=O)c1cc(F)ccc1Br)C(=O)O. The Hall–Kier alpha value is -1.87. The van der Waals surface area contributed by atoms with Crippen molar-refractivity contribution in [2.24, 2.45) is 0 Å². The van der Waals surface area contributed by atoms with E-state index in [2.05, 4.69) is 27.2 Å². The fraction of sp³-hybridized carbons (Fsp3) is 0.167. The van der Waals surface area contributed by atoms with Gasteiger partial charge in [0, 0.05) is 10.9 Å². The van der Waals surface area contributed by atoms with E-state index in [0.717, 1.165) is 6.07 Å². The molecular formula is C12H9BrFNO3. The number of terminal acetylenes is 1. The minimum atomic E-state index is -1.24. The predicted molar refractivity (Wildman–Crippen MR) is 66.4 cm³/mol. The Balaban J connectivity index is 2.91. The molecule has 1 unspecified atom stereocenters. The second-order valence-electron chi connectivity index (χ2n) is 3.40. The van der Waals surface area contributed by atoms with Gasteiger partial charge in [-0.15, -0.1) is 12.3 Å². The topological polar surface area (TPSA) is 66.4 Å². The molecule has 94 valence electrons. The van der Waals surface area contributed by atoms with E-state index < -0.39 is 23.7 Å². The Morgan fingerprint density at radius 1 is 1.56 bits per heavy atom. The summed E-state index contributed by atoms with van der Waals surface area (Å²) in [5.74, 6) is -0.386. The molecule has 1 amide bonds. The molecule has 0 heterocycles. The van der Waals surface area contributed by atoms with Gasteiger partial charge in [0.2, 0.25) is 0 Å². The van der Waals surface area contributed by atoms with Crippen molar-refractivity contribution in [2.45, 2.75) is 12.5 Å². The molecule has 1 aromatic rings. The first-order valence-electron chi connectivity index (χ1n) is 4.88. The lowest BCUT2D eigenvalue weighted by molar-refractivity contribution is -0.139. The third-order valence-electron chi connectivity index (χ3n) is 2.10. The highest BCUT2D eigenvalue weighted by molar-refractivity contribution is 9.10. The quantitative estimate of drug-likeness (QED) is 0.833. The van der Waals surface area contributed by atoms with Crippen molar-refractivity contribution < 1.29 is 19.1 Å². The molecule has 0 radical (unpaired) electrons. The van der Waals surface area contributed by atoms with Crippen LogP contribution in [0.5, 0.6) is 0 Å². The highest BCUT2D eigenvalue weighted by atomic mass is 79.9. The molecule has 0 saturated heterocycles. The molecule has 0 fully saturated rings. The number of halogens is 2. The number of nitrogens with one attached hydrogen (secondary N) is 1. The third-order valence-corrected chi connectivity index (χ3v) is 2.79. The molecule has 0 aliphatic rings. The molecule has 0 aliphatic heterocycles. The van der Waals surface area contributed by atoms with Gasteiger partial charge in [-0.3, -0.25) is 4.79 Å². The van der Waals surface area contributed by atoms with Gasteiger partial charge in [0.1, 0.15) is 11.9 Å². The highest BCUT2D eigenvalue weighted by Crippen LogP contribution is 2.17. The summed E-state index contributed by atoms with van der Waals surface area (Å²) in [7, 11) is 0. The van der Waals surface area contributed by atoms with Crippen LogP contribution in [0.4, 0.5) is 4.39 Å². The molecule has 4 nitrogen and oxygen atoms in total. The average Bonchev–Trinajstić information content (AvgIpc) is 2.31. The van der Waals surface area contributed by atoms with Crippen LogP contribution in [0.2, 0.25) is 0 Å². The Labute approximate surface area is 111 Å². The van der Waals surface area contributed by atoms with Gasteiger partial charge in [0.05, 0.1) is 5.56 Å². The number of carbonyl (C=O) groups excluding carboxylic acids is 1. The predicted octanol–water partition coefficient (Wildman–Crippen LogP) is 1.79. The lowest BCUT2D eigenvalue weighted by Gasteiger charge is -2.12. The van der Waals surface area contributed by atoms with Crippen LogP contribution >= 0.6 is 15.9 Å². The normalized spacial score (nSPS) is 11.4. The van der Waals surface area contributed by atoms with Crippen LogP contribution in [0.25, 0.3) is 0 Å². The van der Waals surface area contributed by atoms with Crippen molar-refractivity contribution in [2.75, 3.05) is 0 Å². The summed E-state index contributed by atoms with van der Waals surface area (Å²) in [6.07, 6.45) is 4.86. The molecule has 2 N–H and O–H groups in total. The van der Waals surface area contributed by atoms with Gasteiger partial charge in [-0.25, -0.2) is 9.18 Å². The van der Waals surface area contributed by atoms with Gasteiger partial charge in [0.15, 0.2) is 0 Å². The van der Waals surface area contributed by atoms with E-state index in [4.69, 9.17) is 11.5 Å². The number of aliphatic carboxylic acids is 1. The summed E-state index contributed by atoms with van der Waals surface area (Å²) in [6.45, 7) is 0.